The second kappa shape index (κ2) is 8.78. The number of anilines is 1. The topological polar surface area (TPSA) is 69.7 Å². The van der Waals surface area contributed by atoms with Crippen LogP contribution in [0.2, 0.25) is 0 Å². The standard InChI is InChI=1S/C18H29N3O3S/c1-4-21(5-2)25(23,24)17-8-6-7-16(13-17)19-18(22)14-20-11-9-15(3)10-12-20/h6-8,13,15H,4-5,9-12,14H2,1-3H3,(H,19,22). The molecule has 140 valence electrons. The van der Waals surface area contributed by atoms with Crippen LogP contribution in [0.4, 0.5) is 5.69 Å². The maximum Gasteiger partial charge on any atom is 0.243 e. The van der Waals surface area contributed by atoms with E-state index >= 15 is 0 Å². The third-order valence-electron chi connectivity index (χ3n) is 4.70. The number of piperidine rings is 1. The van der Waals surface area contributed by atoms with E-state index in [4.69, 9.17) is 0 Å². The lowest BCUT2D eigenvalue weighted by atomic mass is 9.99. The first-order valence-electron chi connectivity index (χ1n) is 8.99. The second-order valence-corrected chi connectivity index (χ2v) is 8.56. The van der Waals surface area contributed by atoms with Crippen molar-refractivity contribution >= 4 is 21.6 Å². The quantitative estimate of drug-likeness (QED) is 0.803. The molecule has 1 saturated heterocycles. The van der Waals surface area contributed by atoms with Gasteiger partial charge in [-0.15, -0.1) is 0 Å². The zero-order valence-corrected chi connectivity index (χ0v) is 16.2. The van der Waals surface area contributed by atoms with E-state index in [9.17, 15) is 13.2 Å². The smallest absolute Gasteiger partial charge is 0.243 e. The Bertz CT molecular complexity index is 679. The number of sulfonamides is 1. The molecule has 0 aromatic heterocycles. The number of benzene rings is 1. The van der Waals surface area contributed by atoms with Crippen LogP contribution < -0.4 is 5.32 Å². The highest BCUT2D eigenvalue weighted by Crippen LogP contribution is 2.20. The van der Waals surface area contributed by atoms with Crippen LogP contribution >= 0.6 is 0 Å². The molecule has 0 unspecified atom stereocenters. The Balaban J connectivity index is 2.02. The SMILES string of the molecule is CCN(CC)S(=O)(=O)c1cccc(NC(=O)CN2CCC(C)CC2)c1. The van der Waals surface area contributed by atoms with E-state index in [0.29, 0.717) is 25.3 Å². The summed E-state index contributed by atoms with van der Waals surface area (Å²) >= 11 is 0. The number of likely N-dealkylation sites (tertiary alicyclic amines) is 1. The van der Waals surface area contributed by atoms with Crippen molar-refractivity contribution in [2.24, 2.45) is 5.92 Å². The summed E-state index contributed by atoms with van der Waals surface area (Å²) in [5, 5.41) is 2.82. The Morgan fingerprint density at radius 1 is 1.24 bits per heavy atom. The van der Waals surface area contributed by atoms with Crippen LogP contribution in [0, 0.1) is 5.92 Å². The predicted molar refractivity (Wildman–Crippen MR) is 100 cm³/mol. The molecule has 1 aliphatic heterocycles. The Morgan fingerprint density at radius 3 is 2.48 bits per heavy atom. The van der Waals surface area contributed by atoms with Crippen LogP contribution in [0.1, 0.15) is 33.6 Å². The maximum atomic E-state index is 12.6. The van der Waals surface area contributed by atoms with Crippen LogP contribution in [-0.4, -0.2) is 56.3 Å². The normalized spacial score (nSPS) is 17.0. The summed E-state index contributed by atoms with van der Waals surface area (Å²) < 4.78 is 26.6. The van der Waals surface area contributed by atoms with Crippen molar-refractivity contribution in [2.75, 3.05) is 38.0 Å². The largest absolute Gasteiger partial charge is 0.325 e. The van der Waals surface area contributed by atoms with Gasteiger partial charge in [-0.1, -0.05) is 26.8 Å². The fourth-order valence-electron chi connectivity index (χ4n) is 3.07. The van der Waals surface area contributed by atoms with E-state index < -0.39 is 10.0 Å². The van der Waals surface area contributed by atoms with E-state index in [1.54, 1.807) is 18.2 Å². The Hall–Kier alpha value is -1.44. The van der Waals surface area contributed by atoms with Gasteiger partial charge in [-0.3, -0.25) is 9.69 Å². The summed E-state index contributed by atoms with van der Waals surface area (Å²) in [5.74, 6) is 0.619. The lowest BCUT2D eigenvalue weighted by Crippen LogP contribution is -2.38. The summed E-state index contributed by atoms with van der Waals surface area (Å²) in [4.78, 5) is 14.6. The third-order valence-corrected chi connectivity index (χ3v) is 6.75. The van der Waals surface area contributed by atoms with Gasteiger partial charge in [0.25, 0.3) is 0 Å². The van der Waals surface area contributed by atoms with Gasteiger partial charge in [0.15, 0.2) is 0 Å². The maximum absolute atomic E-state index is 12.6. The van der Waals surface area contributed by atoms with Gasteiger partial charge in [0.1, 0.15) is 0 Å². The van der Waals surface area contributed by atoms with E-state index in [-0.39, 0.29) is 10.8 Å². The molecule has 0 atom stereocenters. The minimum absolute atomic E-state index is 0.105. The van der Waals surface area contributed by atoms with Crippen molar-refractivity contribution in [1.82, 2.24) is 9.21 Å². The molecule has 0 saturated carbocycles. The highest BCUT2D eigenvalue weighted by atomic mass is 32.2. The minimum atomic E-state index is -3.52. The van der Waals surface area contributed by atoms with Crippen LogP contribution in [0.5, 0.6) is 0 Å². The number of carbonyl (C=O) groups is 1. The number of nitrogens with zero attached hydrogens (tertiary/aromatic N) is 2. The first kappa shape index (κ1) is 19.9. The molecule has 0 bridgehead atoms. The monoisotopic (exact) mass is 367 g/mol. The number of carbonyl (C=O) groups excluding carboxylic acids is 1. The van der Waals surface area contributed by atoms with E-state index in [1.165, 1.54) is 10.4 Å². The molecule has 1 N–H and O–H groups in total. The first-order valence-corrected chi connectivity index (χ1v) is 10.4. The molecule has 0 spiro atoms. The Morgan fingerprint density at radius 2 is 1.88 bits per heavy atom. The molecule has 1 aromatic rings. The van der Waals surface area contributed by atoms with Crippen molar-refractivity contribution in [1.29, 1.82) is 0 Å². The fraction of sp³-hybridized carbons (Fsp3) is 0.611. The molecule has 25 heavy (non-hydrogen) atoms. The number of hydrogen-bond acceptors (Lipinski definition) is 4. The number of rotatable bonds is 7. The van der Waals surface area contributed by atoms with Crippen LogP contribution in [0.25, 0.3) is 0 Å². The lowest BCUT2D eigenvalue weighted by Gasteiger charge is -2.29. The first-order chi connectivity index (χ1) is 11.9. The number of nitrogens with one attached hydrogen (secondary N) is 1. The van der Waals surface area contributed by atoms with E-state index in [2.05, 4.69) is 17.1 Å². The summed E-state index contributed by atoms with van der Waals surface area (Å²) in [7, 11) is -3.52. The van der Waals surface area contributed by atoms with Crippen LogP contribution in [0.15, 0.2) is 29.2 Å². The van der Waals surface area contributed by atoms with Crippen molar-refractivity contribution < 1.29 is 13.2 Å². The van der Waals surface area contributed by atoms with Gasteiger partial charge in [0.05, 0.1) is 11.4 Å². The van der Waals surface area contributed by atoms with Crippen molar-refractivity contribution in [2.45, 2.75) is 38.5 Å². The molecule has 2 rings (SSSR count). The van der Waals surface area contributed by atoms with Crippen molar-refractivity contribution in [3.05, 3.63) is 24.3 Å². The summed E-state index contributed by atoms with van der Waals surface area (Å²) in [5.41, 5.74) is 0.517. The van der Waals surface area contributed by atoms with Gasteiger partial charge < -0.3 is 5.32 Å². The Kier molecular flexibility index (Phi) is 6.98. The molecule has 1 aromatic carbocycles. The Labute approximate surface area is 151 Å². The minimum Gasteiger partial charge on any atom is -0.325 e. The van der Waals surface area contributed by atoms with Gasteiger partial charge in [0, 0.05) is 18.8 Å². The zero-order chi connectivity index (χ0) is 18.4. The molecule has 1 amide bonds. The molecule has 1 aliphatic rings. The van der Waals surface area contributed by atoms with E-state index in [0.717, 1.165) is 31.8 Å². The average molecular weight is 368 g/mol. The molecule has 0 aliphatic carbocycles. The van der Waals surface area contributed by atoms with Gasteiger partial charge in [-0.2, -0.15) is 4.31 Å². The second-order valence-electron chi connectivity index (χ2n) is 6.62. The van der Waals surface area contributed by atoms with Crippen molar-refractivity contribution in [3.63, 3.8) is 0 Å². The number of hydrogen-bond donors (Lipinski definition) is 1. The third kappa shape index (κ3) is 5.26. The highest BCUT2D eigenvalue weighted by Gasteiger charge is 2.22. The molecule has 7 heteroatoms. The summed E-state index contributed by atoms with van der Waals surface area (Å²) in [6, 6.07) is 6.48. The van der Waals surface area contributed by atoms with Gasteiger partial charge in [0.2, 0.25) is 15.9 Å². The molecule has 1 heterocycles. The fourth-order valence-corrected chi connectivity index (χ4v) is 4.58. The van der Waals surface area contributed by atoms with Crippen LogP contribution in [0.3, 0.4) is 0 Å². The molecular formula is C18H29N3O3S. The average Bonchev–Trinajstić information content (AvgIpc) is 2.58. The summed E-state index contributed by atoms with van der Waals surface area (Å²) in [6.07, 6.45) is 2.23. The highest BCUT2D eigenvalue weighted by molar-refractivity contribution is 7.89. The predicted octanol–water partition coefficient (Wildman–Crippen LogP) is 2.39. The lowest BCUT2D eigenvalue weighted by molar-refractivity contribution is -0.117. The van der Waals surface area contributed by atoms with Gasteiger partial charge in [-0.05, 0) is 50.0 Å². The molecular weight excluding hydrogens is 338 g/mol. The summed E-state index contributed by atoms with van der Waals surface area (Å²) in [6.45, 7) is 8.92. The molecule has 1 fully saturated rings. The van der Waals surface area contributed by atoms with Gasteiger partial charge in [-0.25, -0.2) is 8.42 Å². The number of amides is 1. The zero-order valence-electron chi connectivity index (χ0n) is 15.4. The molecule has 0 radical (unpaired) electrons. The van der Waals surface area contributed by atoms with Gasteiger partial charge >= 0.3 is 0 Å². The van der Waals surface area contributed by atoms with E-state index in [1.807, 2.05) is 13.8 Å². The van der Waals surface area contributed by atoms with Crippen LogP contribution in [-0.2, 0) is 14.8 Å². The molecule has 6 nitrogen and oxygen atoms in total. The van der Waals surface area contributed by atoms with Crippen molar-refractivity contribution in [3.8, 4) is 0 Å².